The van der Waals surface area contributed by atoms with Crippen molar-refractivity contribution in [3.05, 3.63) is 71.8 Å². The van der Waals surface area contributed by atoms with Crippen molar-refractivity contribution in [3.8, 4) is 0 Å². The molecule has 182 valence electrons. The van der Waals surface area contributed by atoms with Gasteiger partial charge in [-0.3, -0.25) is 14.4 Å². The van der Waals surface area contributed by atoms with Gasteiger partial charge in [0, 0.05) is 6.42 Å². The van der Waals surface area contributed by atoms with Crippen LogP contribution in [0.25, 0.3) is 0 Å². The van der Waals surface area contributed by atoms with Crippen LogP contribution in [0, 0.1) is 0 Å². The maximum atomic E-state index is 12.8. The zero-order valence-corrected chi connectivity index (χ0v) is 18.8. The number of benzene rings is 2. The van der Waals surface area contributed by atoms with Gasteiger partial charge in [-0.05, 0) is 24.5 Å². The van der Waals surface area contributed by atoms with E-state index in [1.165, 1.54) is 6.92 Å². The first-order valence-electron chi connectivity index (χ1n) is 10.8. The summed E-state index contributed by atoms with van der Waals surface area (Å²) in [5.41, 5.74) is 7.69. The molecule has 4 atom stereocenters. The smallest absolute Gasteiger partial charge is 0.328 e. The summed E-state index contributed by atoms with van der Waals surface area (Å²) in [4.78, 5) is 48.7. The first-order chi connectivity index (χ1) is 16.2. The molecule has 0 aliphatic carbocycles. The molecule has 7 N–H and O–H groups in total. The highest BCUT2D eigenvalue weighted by Gasteiger charge is 2.27. The van der Waals surface area contributed by atoms with E-state index in [1.54, 1.807) is 24.3 Å². The molecule has 10 heteroatoms. The lowest BCUT2D eigenvalue weighted by molar-refractivity contribution is -0.144. The SMILES string of the molecule is C[C@H](O)[C@@H](NC(=O)CNC(=O)[C@@H](Cc1ccccc1)NC(=O)[C@H](N)Cc1ccccc1)C(=O)O. The fourth-order valence-corrected chi connectivity index (χ4v) is 3.20. The van der Waals surface area contributed by atoms with E-state index in [4.69, 9.17) is 10.8 Å². The minimum absolute atomic E-state index is 0.156. The number of carbonyl (C=O) groups is 4. The zero-order chi connectivity index (χ0) is 25.1. The highest BCUT2D eigenvalue weighted by molar-refractivity contribution is 5.92. The number of rotatable bonds is 12. The Labute approximate surface area is 197 Å². The van der Waals surface area contributed by atoms with Gasteiger partial charge in [0.2, 0.25) is 17.7 Å². The number of carbonyl (C=O) groups excluding carboxylic acids is 3. The maximum Gasteiger partial charge on any atom is 0.328 e. The molecule has 0 heterocycles. The number of carboxylic acid groups (broad SMARTS) is 1. The molecule has 3 amide bonds. The van der Waals surface area contributed by atoms with E-state index in [2.05, 4.69) is 16.0 Å². The summed E-state index contributed by atoms with van der Waals surface area (Å²) < 4.78 is 0. The minimum Gasteiger partial charge on any atom is -0.480 e. The highest BCUT2D eigenvalue weighted by atomic mass is 16.4. The maximum absolute atomic E-state index is 12.8. The summed E-state index contributed by atoms with van der Waals surface area (Å²) in [5.74, 6) is -3.36. The molecule has 2 aromatic carbocycles. The Morgan fingerprint density at radius 1 is 0.853 bits per heavy atom. The first kappa shape index (κ1) is 26.5. The van der Waals surface area contributed by atoms with Crippen LogP contribution in [0.2, 0.25) is 0 Å². The van der Waals surface area contributed by atoms with Crippen molar-refractivity contribution in [1.82, 2.24) is 16.0 Å². The Morgan fingerprint density at radius 2 is 1.38 bits per heavy atom. The number of hydrogen-bond acceptors (Lipinski definition) is 6. The van der Waals surface area contributed by atoms with E-state index in [-0.39, 0.29) is 12.8 Å². The Morgan fingerprint density at radius 3 is 1.88 bits per heavy atom. The van der Waals surface area contributed by atoms with Crippen LogP contribution in [0.5, 0.6) is 0 Å². The lowest BCUT2D eigenvalue weighted by Gasteiger charge is -2.21. The van der Waals surface area contributed by atoms with Gasteiger partial charge in [0.05, 0.1) is 18.7 Å². The molecule has 0 saturated heterocycles. The number of hydrogen-bond donors (Lipinski definition) is 6. The van der Waals surface area contributed by atoms with Crippen LogP contribution in [0.4, 0.5) is 0 Å². The minimum atomic E-state index is -1.51. The van der Waals surface area contributed by atoms with Crippen molar-refractivity contribution >= 4 is 23.7 Å². The predicted octanol–water partition coefficient (Wildman–Crippen LogP) is -0.650. The third kappa shape index (κ3) is 8.64. The largest absolute Gasteiger partial charge is 0.480 e. The third-order valence-electron chi connectivity index (χ3n) is 5.04. The lowest BCUT2D eigenvalue weighted by atomic mass is 10.0. The van der Waals surface area contributed by atoms with Crippen LogP contribution in [0.15, 0.2) is 60.7 Å². The van der Waals surface area contributed by atoms with Crippen molar-refractivity contribution in [2.45, 2.75) is 44.0 Å². The molecule has 2 aromatic rings. The monoisotopic (exact) mass is 470 g/mol. The van der Waals surface area contributed by atoms with Crippen LogP contribution in [-0.2, 0) is 32.0 Å². The summed E-state index contributed by atoms with van der Waals surface area (Å²) in [7, 11) is 0. The van der Waals surface area contributed by atoms with Gasteiger partial charge in [-0.15, -0.1) is 0 Å². The van der Waals surface area contributed by atoms with Crippen molar-refractivity contribution in [1.29, 1.82) is 0 Å². The summed E-state index contributed by atoms with van der Waals surface area (Å²) in [6.45, 7) is 0.689. The molecule has 0 aliphatic heterocycles. The molecular formula is C24H30N4O6. The van der Waals surface area contributed by atoms with Crippen molar-refractivity contribution in [2.75, 3.05) is 6.54 Å². The normalized spacial score (nSPS) is 14.2. The van der Waals surface area contributed by atoms with Crippen LogP contribution in [-0.4, -0.2) is 64.7 Å². The summed E-state index contributed by atoms with van der Waals surface area (Å²) in [6, 6.07) is 14.8. The van der Waals surface area contributed by atoms with Crippen LogP contribution >= 0.6 is 0 Å². The van der Waals surface area contributed by atoms with E-state index in [0.717, 1.165) is 11.1 Å². The topological polar surface area (TPSA) is 171 Å². The zero-order valence-electron chi connectivity index (χ0n) is 18.8. The predicted molar refractivity (Wildman–Crippen MR) is 124 cm³/mol. The molecule has 10 nitrogen and oxygen atoms in total. The quantitative estimate of drug-likeness (QED) is 0.239. The summed E-state index contributed by atoms with van der Waals surface area (Å²) >= 11 is 0. The third-order valence-corrected chi connectivity index (χ3v) is 5.04. The molecule has 0 spiro atoms. The van der Waals surface area contributed by atoms with Crippen LogP contribution < -0.4 is 21.7 Å². The molecule has 0 unspecified atom stereocenters. The summed E-state index contributed by atoms with van der Waals surface area (Å²) in [5, 5.41) is 25.7. The van der Waals surface area contributed by atoms with E-state index in [1.807, 2.05) is 36.4 Å². The summed E-state index contributed by atoms with van der Waals surface area (Å²) in [6.07, 6.45) is -0.887. The molecule has 2 rings (SSSR count). The molecule has 0 radical (unpaired) electrons. The molecule has 0 aromatic heterocycles. The number of aliphatic hydroxyl groups is 1. The van der Waals surface area contributed by atoms with Crippen molar-refractivity contribution in [3.63, 3.8) is 0 Å². The van der Waals surface area contributed by atoms with E-state index in [0.29, 0.717) is 0 Å². The molecular weight excluding hydrogens is 440 g/mol. The van der Waals surface area contributed by atoms with Gasteiger partial charge in [0.15, 0.2) is 6.04 Å². The standard InChI is InChI=1S/C24H30N4O6/c1-15(29)21(24(33)34)28-20(30)14-26-23(32)19(13-17-10-6-3-7-11-17)27-22(31)18(25)12-16-8-4-2-5-9-16/h2-11,15,18-19,21,29H,12-14,25H2,1H3,(H,26,32)(H,27,31)(H,28,30)(H,33,34)/t15-,18+,19+,21+/m0/s1. The molecule has 0 bridgehead atoms. The first-order valence-corrected chi connectivity index (χ1v) is 10.8. The van der Waals surface area contributed by atoms with Gasteiger partial charge < -0.3 is 31.9 Å². The second kappa shape index (κ2) is 13.1. The second-order valence-electron chi connectivity index (χ2n) is 7.89. The van der Waals surface area contributed by atoms with E-state index in [9.17, 15) is 24.3 Å². The molecule has 34 heavy (non-hydrogen) atoms. The Kier molecular flexibility index (Phi) is 10.2. The van der Waals surface area contributed by atoms with E-state index < -0.39 is 54.5 Å². The van der Waals surface area contributed by atoms with Gasteiger partial charge >= 0.3 is 5.97 Å². The number of amides is 3. The molecule has 0 aliphatic rings. The number of carboxylic acids is 1. The number of nitrogens with one attached hydrogen (secondary N) is 3. The second-order valence-corrected chi connectivity index (χ2v) is 7.89. The average molecular weight is 471 g/mol. The molecule has 0 fully saturated rings. The average Bonchev–Trinajstić information content (AvgIpc) is 2.81. The van der Waals surface area contributed by atoms with Crippen LogP contribution in [0.1, 0.15) is 18.1 Å². The van der Waals surface area contributed by atoms with E-state index >= 15 is 0 Å². The Bertz CT molecular complexity index is 968. The Balaban J connectivity index is 2.02. The lowest BCUT2D eigenvalue weighted by Crippen LogP contribution is -2.55. The van der Waals surface area contributed by atoms with Crippen LogP contribution in [0.3, 0.4) is 0 Å². The Hall–Kier alpha value is -3.76. The van der Waals surface area contributed by atoms with Gasteiger partial charge in [-0.1, -0.05) is 60.7 Å². The molecule has 0 saturated carbocycles. The van der Waals surface area contributed by atoms with Gasteiger partial charge in [0.25, 0.3) is 0 Å². The van der Waals surface area contributed by atoms with Gasteiger partial charge in [-0.2, -0.15) is 0 Å². The number of aliphatic carboxylic acids is 1. The fourth-order valence-electron chi connectivity index (χ4n) is 3.20. The van der Waals surface area contributed by atoms with Crippen molar-refractivity contribution < 1.29 is 29.4 Å². The van der Waals surface area contributed by atoms with Gasteiger partial charge in [0.1, 0.15) is 6.04 Å². The fraction of sp³-hybridized carbons (Fsp3) is 0.333. The number of aliphatic hydroxyl groups excluding tert-OH is 1. The number of nitrogens with two attached hydrogens (primary N) is 1. The van der Waals surface area contributed by atoms with Gasteiger partial charge in [-0.25, -0.2) is 4.79 Å². The van der Waals surface area contributed by atoms with Crippen molar-refractivity contribution in [2.24, 2.45) is 5.73 Å². The highest BCUT2D eigenvalue weighted by Crippen LogP contribution is 2.06.